The van der Waals surface area contributed by atoms with Crippen molar-refractivity contribution >= 4 is 21.4 Å². The fraction of sp³-hybridized carbons (Fsp3) is 0.182. The second-order valence-electron chi connectivity index (χ2n) is 4.23. The normalized spacial score (nSPS) is 11.3. The molecule has 0 aliphatic rings. The van der Waals surface area contributed by atoms with Gasteiger partial charge in [-0.15, -0.1) is 0 Å². The molecule has 0 atom stereocenters. The van der Waals surface area contributed by atoms with E-state index >= 15 is 0 Å². The Morgan fingerprint density at radius 3 is 2.55 bits per heavy atom. The molecule has 0 saturated heterocycles. The van der Waals surface area contributed by atoms with Crippen LogP contribution in [0.2, 0.25) is 0 Å². The van der Waals surface area contributed by atoms with E-state index in [4.69, 9.17) is 0 Å². The van der Waals surface area contributed by atoms with Gasteiger partial charge in [0.2, 0.25) is 0 Å². The average molecular weight is 296 g/mol. The number of hydrogen-bond acceptors (Lipinski definition) is 5. The maximum atomic E-state index is 12.0. The number of benzene rings is 1. The zero-order valence-electron chi connectivity index (χ0n) is 10.7. The van der Waals surface area contributed by atoms with Crippen LogP contribution < -0.4 is 4.72 Å². The van der Waals surface area contributed by atoms with Gasteiger partial charge in [-0.25, -0.2) is 4.98 Å². The van der Waals surface area contributed by atoms with Crippen LogP contribution in [0.5, 0.6) is 0 Å². The summed E-state index contributed by atoms with van der Waals surface area (Å²) in [6, 6.07) is 2.77. The second kappa shape index (κ2) is 4.93. The number of nitrogens with zero attached hydrogens (tertiary/aromatic N) is 2. The maximum absolute atomic E-state index is 12.0. The first kappa shape index (κ1) is 14.0. The third kappa shape index (κ3) is 2.62. The van der Waals surface area contributed by atoms with Gasteiger partial charge in [0.25, 0.3) is 15.7 Å². The molecule has 106 valence electrons. The number of aromatic amines is 1. The van der Waals surface area contributed by atoms with Gasteiger partial charge in [0, 0.05) is 11.6 Å². The minimum Gasteiger partial charge on any atom is -0.334 e. The highest BCUT2D eigenvalue weighted by molar-refractivity contribution is 7.92. The van der Waals surface area contributed by atoms with Crippen molar-refractivity contribution in [3.05, 3.63) is 45.9 Å². The number of sulfonamides is 1. The van der Waals surface area contributed by atoms with Crippen LogP contribution in [-0.2, 0) is 10.0 Å². The Kier molecular flexibility index (Phi) is 3.45. The summed E-state index contributed by atoms with van der Waals surface area (Å²) >= 11 is 0. The first-order chi connectivity index (χ1) is 9.31. The molecule has 0 fully saturated rings. The zero-order valence-corrected chi connectivity index (χ0v) is 11.6. The Morgan fingerprint density at radius 2 is 2.00 bits per heavy atom. The number of anilines is 1. The summed E-state index contributed by atoms with van der Waals surface area (Å²) in [5.41, 5.74) is 1.09. The fourth-order valence-electron chi connectivity index (χ4n) is 1.74. The summed E-state index contributed by atoms with van der Waals surface area (Å²) < 4.78 is 26.4. The number of nitrogens with one attached hydrogen (secondary N) is 2. The predicted octanol–water partition coefficient (Wildman–Crippen LogP) is 1.74. The number of H-pyrrole nitrogens is 1. The first-order valence-corrected chi connectivity index (χ1v) is 7.06. The number of aryl methyl sites for hydroxylation is 2. The number of rotatable bonds is 4. The van der Waals surface area contributed by atoms with Crippen LogP contribution in [0.15, 0.2) is 29.7 Å². The van der Waals surface area contributed by atoms with E-state index in [-0.39, 0.29) is 16.4 Å². The van der Waals surface area contributed by atoms with E-state index in [2.05, 4.69) is 14.7 Å². The standard InChI is InChI=1S/C11H12N4O4S/c1-7-3-8(2)10(15(16)17)4-9(7)14-20(18,19)11-5-12-6-13-11/h3-6,14H,1-2H3,(H,12,13). The van der Waals surface area contributed by atoms with Gasteiger partial charge in [0.05, 0.1) is 23.1 Å². The van der Waals surface area contributed by atoms with E-state index in [1.165, 1.54) is 12.4 Å². The van der Waals surface area contributed by atoms with Gasteiger partial charge in [-0.3, -0.25) is 14.8 Å². The number of imidazole rings is 1. The molecular formula is C11H12N4O4S. The SMILES string of the molecule is Cc1cc(C)c([N+](=O)[O-])cc1NS(=O)(=O)c1cnc[nH]1. The van der Waals surface area contributed by atoms with Crippen molar-refractivity contribution < 1.29 is 13.3 Å². The van der Waals surface area contributed by atoms with E-state index in [0.717, 1.165) is 6.20 Å². The number of nitro groups is 1. The van der Waals surface area contributed by atoms with Crippen molar-refractivity contribution in [3.8, 4) is 0 Å². The fourth-order valence-corrected chi connectivity index (χ4v) is 2.76. The lowest BCUT2D eigenvalue weighted by atomic mass is 10.1. The van der Waals surface area contributed by atoms with Crippen molar-refractivity contribution in [2.75, 3.05) is 4.72 Å². The third-order valence-corrected chi connectivity index (χ3v) is 4.04. The highest BCUT2D eigenvalue weighted by Crippen LogP contribution is 2.27. The van der Waals surface area contributed by atoms with Gasteiger partial charge in [-0.1, -0.05) is 0 Å². The molecule has 1 aromatic carbocycles. The quantitative estimate of drug-likeness (QED) is 0.658. The van der Waals surface area contributed by atoms with E-state index < -0.39 is 14.9 Å². The molecule has 1 heterocycles. The van der Waals surface area contributed by atoms with Gasteiger partial charge in [-0.2, -0.15) is 8.42 Å². The Morgan fingerprint density at radius 1 is 1.30 bits per heavy atom. The molecule has 0 saturated carbocycles. The van der Waals surface area contributed by atoms with Crippen LogP contribution in [0.4, 0.5) is 11.4 Å². The van der Waals surface area contributed by atoms with Crippen LogP contribution in [-0.4, -0.2) is 23.3 Å². The Hall–Kier alpha value is -2.42. The van der Waals surface area contributed by atoms with Crippen LogP contribution >= 0.6 is 0 Å². The number of aromatic nitrogens is 2. The lowest BCUT2D eigenvalue weighted by Gasteiger charge is -2.10. The molecule has 2 N–H and O–H groups in total. The molecule has 2 rings (SSSR count). The van der Waals surface area contributed by atoms with Crippen LogP contribution in [0.3, 0.4) is 0 Å². The topological polar surface area (TPSA) is 118 Å². The van der Waals surface area contributed by atoms with Gasteiger partial charge >= 0.3 is 0 Å². The van der Waals surface area contributed by atoms with Crippen molar-refractivity contribution in [1.82, 2.24) is 9.97 Å². The Balaban J connectivity index is 2.44. The van der Waals surface area contributed by atoms with Gasteiger partial charge in [0.15, 0.2) is 5.03 Å². The number of hydrogen-bond donors (Lipinski definition) is 2. The Labute approximate surface area is 115 Å². The van der Waals surface area contributed by atoms with Crippen molar-refractivity contribution in [2.24, 2.45) is 0 Å². The maximum Gasteiger partial charge on any atom is 0.278 e. The molecular weight excluding hydrogens is 284 g/mol. The molecule has 0 bridgehead atoms. The molecule has 1 aromatic heterocycles. The largest absolute Gasteiger partial charge is 0.334 e. The third-order valence-electron chi connectivity index (χ3n) is 2.75. The lowest BCUT2D eigenvalue weighted by molar-refractivity contribution is -0.385. The van der Waals surface area contributed by atoms with Crippen molar-refractivity contribution in [3.63, 3.8) is 0 Å². The minimum atomic E-state index is -3.84. The van der Waals surface area contributed by atoms with E-state index in [0.29, 0.717) is 11.1 Å². The number of nitro benzene ring substituents is 1. The predicted molar refractivity (Wildman–Crippen MR) is 72.0 cm³/mol. The van der Waals surface area contributed by atoms with Crippen molar-refractivity contribution in [1.29, 1.82) is 0 Å². The minimum absolute atomic E-state index is 0.111. The van der Waals surface area contributed by atoms with Crippen LogP contribution in [0.25, 0.3) is 0 Å². The summed E-state index contributed by atoms with van der Waals surface area (Å²) in [5, 5.41) is 10.8. The highest BCUT2D eigenvalue weighted by atomic mass is 32.2. The smallest absolute Gasteiger partial charge is 0.278 e. The first-order valence-electron chi connectivity index (χ1n) is 5.58. The average Bonchev–Trinajstić information content (AvgIpc) is 2.86. The molecule has 8 nitrogen and oxygen atoms in total. The summed E-state index contributed by atoms with van der Waals surface area (Å²) in [7, 11) is -3.84. The molecule has 20 heavy (non-hydrogen) atoms. The summed E-state index contributed by atoms with van der Waals surface area (Å²) in [6.45, 7) is 3.26. The zero-order chi connectivity index (χ0) is 14.9. The molecule has 0 aliphatic carbocycles. The lowest BCUT2D eigenvalue weighted by Crippen LogP contribution is -2.14. The Bertz CT molecular complexity index is 753. The molecule has 0 aliphatic heterocycles. The molecule has 0 radical (unpaired) electrons. The van der Waals surface area contributed by atoms with Gasteiger partial charge in [-0.05, 0) is 25.5 Å². The monoisotopic (exact) mass is 296 g/mol. The molecule has 9 heteroatoms. The molecule has 0 unspecified atom stereocenters. The van der Waals surface area contributed by atoms with E-state index in [1.807, 2.05) is 0 Å². The van der Waals surface area contributed by atoms with Crippen LogP contribution in [0.1, 0.15) is 11.1 Å². The summed E-state index contributed by atoms with van der Waals surface area (Å²) in [5.74, 6) is 0. The molecule has 0 amide bonds. The molecule has 0 spiro atoms. The van der Waals surface area contributed by atoms with E-state index in [1.54, 1.807) is 19.9 Å². The summed E-state index contributed by atoms with van der Waals surface area (Å²) in [4.78, 5) is 16.4. The second-order valence-corrected chi connectivity index (χ2v) is 5.88. The summed E-state index contributed by atoms with van der Waals surface area (Å²) in [6.07, 6.45) is 2.39. The van der Waals surface area contributed by atoms with Crippen LogP contribution in [0, 0.1) is 24.0 Å². The van der Waals surface area contributed by atoms with E-state index in [9.17, 15) is 18.5 Å². The molecule has 2 aromatic rings. The van der Waals surface area contributed by atoms with Gasteiger partial charge < -0.3 is 4.98 Å². The van der Waals surface area contributed by atoms with Gasteiger partial charge in [0.1, 0.15) is 0 Å². The highest BCUT2D eigenvalue weighted by Gasteiger charge is 2.20. The van der Waals surface area contributed by atoms with Crippen molar-refractivity contribution in [2.45, 2.75) is 18.9 Å².